The molecule has 0 bridgehead atoms. The lowest BCUT2D eigenvalue weighted by molar-refractivity contribution is 0.123. The standard InChI is InChI=1S/C11H22N2.2ClH/c12-10-6-8-13(9-7-10)11-4-2-1-3-5-11;;/h10-11H,1-9,12H2;2*1H. The van der Waals surface area contributed by atoms with Gasteiger partial charge in [0.05, 0.1) is 0 Å². The average molecular weight is 255 g/mol. The summed E-state index contributed by atoms with van der Waals surface area (Å²) in [5.74, 6) is 0. The molecule has 2 rings (SSSR count). The van der Waals surface area contributed by atoms with Crippen molar-refractivity contribution in [3.8, 4) is 0 Å². The van der Waals surface area contributed by atoms with Gasteiger partial charge < -0.3 is 10.6 Å². The average Bonchev–Trinajstić information content (AvgIpc) is 2.20. The highest BCUT2D eigenvalue weighted by Crippen LogP contribution is 2.24. The lowest BCUT2D eigenvalue weighted by atomic mass is 9.92. The summed E-state index contributed by atoms with van der Waals surface area (Å²) in [5.41, 5.74) is 5.90. The van der Waals surface area contributed by atoms with Gasteiger partial charge in [-0.3, -0.25) is 0 Å². The number of nitrogens with two attached hydrogens (primary N) is 1. The van der Waals surface area contributed by atoms with E-state index < -0.39 is 0 Å². The maximum Gasteiger partial charge on any atom is 0.00952 e. The summed E-state index contributed by atoms with van der Waals surface area (Å²) >= 11 is 0. The Balaban J connectivity index is 0.000000980. The van der Waals surface area contributed by atoms with Crippen LogP contribution < -0.4 is 5.73 Å². The molecule has 2 aliphatic rings. The molecule has 1 heterocycles. The number of hydrogen-bond donors (Lipinski definition) is 1. The van der Waals surface area contributed by atoms with Crippen LogP contribution in [0.25, 0.3) is 0 Å². The van der Waals surface area contributed by atoms with Crippen LogP contribution in [-0.2, 0) is 0 Å². The molecule has 0 unspecified atom stereocenters. The number of likely N-dealkylation sites (tertiary alicyclic amines) is 1. The van der Waals surface area contributed by atoms with E-state index in [9.17, 15) is 0 Å². The Morgan fingerprint density at radius 3 is 1.87 bits per heavy atom. The van der Waals surface area contributed by atoms with Crippen LogP contribution in [0.15, 0.2) is 0 Å². The normalized spacial score (nSPS) is 25.4. The highest BCUT2D eigenvalue weighted by molar-refractivity contribution is 5.85. The van der Waals surface area contributed by atoms with Crippen molar-refractivity contribution in [2.45, 2.75) is 57.0 Å². The van der Waals surface area contributed by atoms with Gasteiger partial charge in [-0.25, -0.2) is 0 Å². The minimum atomic E-state index is 0. The van der Waals surface area contributed by atoms with E-state index in [-0.39, 0.29) is 24.8 Å². The number of piperidine rings is 1. The molecule has 2 fully saturated rings. The van der Waals surface area contributed by atoms with E-state index in [1.807, 2.05) is 0 Å². The summed E-state index contributed by atoms with van der Waals surface area (Å²) in [6.45, 7) is 2.51. The van der Waals surface area contributed by atoms with Gasteiger partial charge in [-0.1, -0.05) is 19.3 Å². The lowest BCUT2D eigenvalue weighted by Crippen LogP contribution is -2.45. The van der Waals surface area contributed by atoms with Gasteiger partial charge in [-0.15, -0.1) is 24.8 Å². The molecule has 4 heteroatoms. The zero-order valence-corrected chi connectivity index (χ0v) is 11.0. The smallest absolute Gasteiger partial charge is 0.00952 e. The van der Waals surface area contributed by atoms with Gasteiger partial charge >= 0.3 is 0 Å². The van der Waals surface area contributed by atoms with Crippen LogP contribution in [0, 0.1) is 0 Å². The maximum absolute atomic E-state index is 5.90. The molecule has 0 amide bonds. The van der Waals surface area contributed by atoms with E-state index in [2.05, 4.69) is 4.90 Å². The van der Waals surface area contributed by atoms with Crippen LogP contribution in [0.1, 0.15) is 44.9 Å². The molecule has 1 saturated carbocycles. The van der Waals surface area contributed by atoms with E-state index in [4.69, 9.17) is 5.73 Å². The van der Waals surface area contributed by atoms with E-state index in [0.29, 0.717) is 6.04 Å². The summed E-state index contributed by atoms with van der Waals surface area (Å²) in [4.78, 5) is 2.68. The van der Waals surface area contributed by atoms with Gasteiger partial charge in [0.25, 0.3) is 0 Å². The highest BCUT2D eigenvalue weighted by atomic mass is 35.5. The van der Waals surface area contributed by atoms with Crippen molar-refractivity contribution in [2.75, 3.05) is 13.1 Å². The van der Waals surface area contributed by atoms with Crippen molar-refractivity contribution in [2.24, 2.45) is 5.73 Å². The molecule has 1 aliphatic carbocycles. The van der Waals surface area contributed by atoms with E-state index in [1.165, 1.54) is 58.0 Å². The first kappa shape index (κ1) is 15.5. The second-order valence-electron chi connectivity index (χ2n) is 4.67. The third-order valence-electron chi connectivity index (χ3n) is 3.67. The first-order valence-corrected chi connectivity index (χ1v) is 5.86. The second-order valence-corrected chi connectivity index (χ2v) is 4.67. The number of hydrogen-bond acceptors (Lipinski definition) is 2. The molecular formula is C11H24Cl2N2. The summed E-state index contributed by atoms with van der Waals surface area (Å²) in [6, 6.07) is 1.39. The van der Waals surface area contributed by atoms with Crippen molar-refractivity contribution in [1.82, 2.24) is 4.90 Å². The Kier molecular flexibility index (Phi) is 7.98. The SMILES string of the molecule is Cl.Cl.NC1CCN(C2CCCCC2)CC1. The van der Waals surface area contributed by atoms with Crippen LogP contribution in [0.5, 0.6) is 0 Å². The van der Waals surface area contributed by atoms with Crippen LogP contribution in [0.4, 0.5) is 0 Å². The quantitative estimate of drug-likeness (QED) is 0.780. The van der Waals surface area contributed by atoms with Gasteiger partial charge in [0.15, 0.2) is 0 Å². The molecule has 0 aromatic rings. The Hall–Kier alpha value is 0.500. The molecule has 2 N–H and O–H groups in total. The van der Waals surface area contributed by atoms with Gasteiger partial charge in [0.2, 0.25) is 0 Å². The molecule has 15 heavy (non-hydrogen) atoms. The summed E-state index contributed by atoms with van der Waals surface area (Å²) in [5, 5.41) is 0. The van der Waals surface area contributed by atoms with Gasteiger partial charge in [-0.2, -0.15) is 0 Å². The fourth-order valence-electron chi connectivity index (χ4n) is 2.73. The Labute approximate surface area is 106 Å². The minimum Gasteiger partial charge on any atom is -0.328 e. The molecule has 0 aromatic carbocycles. The van der Waals surface area contributed by atoms with E-state index in [0.717, 1.165) is 6.04 Å². The molecule has 0 radical (unpaired) electrons. The largest absolute Gasteiger partial charge is 0.328 e. The summed E-state index contributed by atoms with van der Waals surface area (Å²) in [6.07, 6.45) is 9.68. The molecule has 92 valence electrons. The minimum absolute atomic E-state index is 0. The highest BCUT2D eigenvalue weighted by Gasteiger charge is 2.24. The predicted octanol–water partition coefficient (Wildman–Crippen LogP) is 2.59. The summed E-state index contributed by atoms with van der Waals surface area (Å²) < 4.78 is 0. The summed E-state index contributed by atoms with van der Waals surface area (Å²) in [7, 11) is 0. The van der Waals surface area contributed by atoms with Crippen molar-refractivity contribution in [3.63, 3.8) is 0 Å². The molecule has 0 spiro atoms. The van der Waals surface area contributed by atoms with Gasteiger partial charge in [-0.05, 0) is 38.8 Å². The Morgan fingerprint density at radius 1 is 0.800 bits per heavy atom. The predicted molar refractivity (Wildman–Crippen MR) is 70.2 cm³/mol. The van der Waals surface area contributed by atoms with Gasteiger partial charge in [0, 0.05) is 12.1 Å². The van der Waals surface area contributed by atoms with E-state index >= 15 is 0 Å². The lowest BCUT2D eigenvalue weighted by Gasteiger charge is -2.38. The van der Waals surface area contributed by atoms with Crippen LogP contribution in [-0.4, -0.2) is 30.1 Å². The molecule has 1 aliphatic heterocycles. The molecular weight excluding hydrogens is 231 g/mol. The zero-order valence-electron chi connectivity index (χ0n) is 9.36. The third-order valence-corrected chi connectivity index (χ3v) is 3.67. The zero-order chi connectivity index (χ0) is 9.10. The fraction of sp³-hybridized carbons (Fsp3) is 1.00. The second kappa shape index (κ2) is 7.72. The topological polar surface area (TPSA) is 29.3 Å². The monoisotopic (exact) mass is 254 g/mol. The van der Waals surface area contributed by atoms with Crippen LogP contribution >= 0.6 is 24.8 Å². The Bertz CT molecular complexity index is 153. The van der Waals surface area contributed by atoms with Crippen LogP contribution in [0.2, 0.25) is 0 Å². The van der Waals surface area contributed by atoms with Crippen molar-refractivity contribution < 1.29 is 0 Å². The van der Waals surface area contributed by atoms with Crippen molar-refractivity contribution >= 4 is 24.8 Å². The van der Waals surface area contributed by atoms with E-state index in [1.54, 1.807) is 0 Å². The number of nitrogens with zero attached hydrogens (tertiary/aromatic N) is 1. The molecule has 1 saturated heterocycles. The fourth-order valence-corrected chi connectivity index (χ4v) is 2.73. The van der Waals surface area contributed by atoms with Crippen molar-refractivity contribution in [1.29, 1.82) is 0 Å². The maximum atomic E-state index is 5.90. The first-order valence-electron chi connectivity index (χ1n) is 5.86. The van der Waals surface area contributed by atoms with Gasteiger partial charge in [0.1, 0.15) is 0 Å². The molecule has 0 atom stereocenters. The molecule has 2 nitrogen and oxygen atoms in total. The number of rotatable bonds is 1. The Morgan fingerprint density at radius 2 is 1.33 bits per heavy atom. The molecule has 0 aromatic heterocycles. The van der Waals surface area contributed by atoms with Crippen molar-refractivity contribution in [3.05, 3.63) is 0 Å². The number of halogens is 2. The third kappa shape index (κ3) is 4.48. The van der Waals surface area contributed by atoms with Crippen LogP contribution in [0.3, 0.4) is 0 Å². The first-order chi connectivity index (χ1) is 6.36.